The molecule has 29 heavy (non-hydrogen) atoms. The topological polar surface area (TPSA) is 9.23 Å². The molecule has 0 amide bonds. The molecule has 0 heterocycles. The molecule has 0 saturated heterocycles. The molecule has 0 aromatic heterocycles. The number of ether oxygens (including phenoxy) is 1. The number of fused-ring (bicyclic) bond motifs is 2. The Morgan fingerprint density at radius 3 is 1.48 bits per heavy atom. The molecular weight excluding hydrogens is 445 g/mol. The van der Waals surface area contributed by atoms with Crippen LogP contribution in [0.15, 0.2) is 48.6 Å². The van der Waals surface area contributed by atoms with Gasteiger partial charge in [0.2, 0.25) is 0 Å². The van der Waals surface area contributed by atoms with E-state index in [4.69, 9.17) is 4.74 Å². The Balaban J connectivity index is 0.000000450. The minimum atomic E-state index is -0.861. The second-order valence-electron chi connectivity index (χ2n) is 8.56. The van der Waals surface area contributed by atoms with Gasteiger partial charge in [0, 0.05) is 69.6 Å². The summed E-state index contributed by atoms with van der Waals surface area (Å²) in [6.07, 6.45) is 27.9. The Morgan fingerprint density at radius 1 is 0.690 bits per heavy atom. The zero-order chi connectivity index (χ0) is 20.0. The van der Waals surface area contributed by atoms with Crippen molar-refractivity contribution in [2.45, 2.75) is 32.5 Å². The second kappa shape index (κ2) is 12.3. The summed E-state index contributed by atoms with van der Waals surface area (Å²) < 4.78 is 5.88. The number of hydrogen-bond acceptors (Lipinski definition) is 1. The van der Waals surface area contributed by atoms with Crippen molar-refractivity contribution in [3.63, 3.8) is 0 Å². The Hall–Kier alpha value is 0.241. The Morgan fingerprint density at radius 2 is 1.07 bits per heavy atom. The zero-order valence-electron chi connectivity index (χ0n) is 17.9. The van der Waals surface area contributed by atoms with Crippen LogP contribution in [0, 0.1) is 67.7 Å². The van der Waals surface area contributed by atoms with Gasteiger partial charge in [-0.15, -0.1) is 8.07 Å². The summed E-state index contributed by atoms with van der Waals surface area (Å²) in [7, 11) is -0.861. The monoisotopic (exact) mass is 476 g/mol. The summed E-state index contributed by atoms with van der Waals surface area (Å²) in [5.41, 5.74) is 0. The van der Waals surface area contributed by atoms with Crippen LogP contribution in [-0.4, -0.2) is 21.3 Å². The molecule has 0 aliphatic heterocycles. The van der Waals surface area contributed by atoms with Gasteiger partial charge in [-0.1, -0.05) is 68.2 Å². The van der Waals surface area contributed by atoms with Crippen LogP contribution in [0.25, 0.3) is 0 Å². The first kappa shape index (κ1) is 25.5. The van der Waals surface area contributed by atoms with Crippen molar-refractivity contribution in [2.75, 3.05) is 13.2 Å². The quantitative estimate of drug-likeness (QED) is 0.259. The predicted octanol–water partition coefficient (Wildman–Crippen LogP) is 6.02. The average molecular weight is 477 g/mol. The van der Waals surface area contributed by atoms with E-state index in [1.54, 1.807) is 0 Å². The maximum Gasteiger partial charge on any atom is 0.0471 e. The summed E-state index contributed by atoms with van der Waals surface area (Å²) >= 11 is 0. The first-order valence-corrected chi connectivity index (χ1v) is 13.8. The van der Waals surface area contributed by atoms with Crippen LogP contribution in [0.3, 0.4) is 0 Å². The first-order valence-electron chi connectivity index (χ1n) is 10.1. The van der Waals surface area contributed by atoms with Crippen molar-refractivity contribution in [3.05, 3.63) is 116 Å². The van der Waals surface area contributed by atoms with E-state index in [-0.39, 0.29) is 32.7 Å². The van der Waals surface area contributed by atoms with Gasteiger partial charge in [0.25, 0.3) is 0 Å². The van der Waals surface area contributed by atoms with E-state index in [1.165, 1.54) is 35.5 Å². The van der Waals surface area contributed by atoms with Gasteiger partial charge in [0.05, 0.1) is 0 Å². The smallest absolute Gasteiger partial charge is 0.0471 e. The largest absolute Gasteiger partial charge is 0.381 e. The van der Waals surface area contributed by atoms with E-state index in [1.807, 2.05) is 0 Å². The molecule has 11 radical (unpaired) electrons. The van der Waals surface area contributed by atoms with Gasteiger partial charge in [0.1, 0.15) is 0 Å². The molecule has 0 unspecified atom stereocenters. The van der Waals surface area contributed by atoms with Crippen LogP contribution in [-0.2, 0) is 37.4 Å². The van der Waals surface area contributed by atoms with Crippen LogP contribution >= 0.6 is 0 Å². The van der Waals surface area contributed by atoms with Gasteiger partial charge in [-0.25, -0.2) is 0 Å². The summed E-state index contributed by atoms with van der Waals surface area (Å²) in [5, 5.41) is 0. The van der Waals surface area contributed by atoms with Gasteiger partial charge in [0.15, 0.2) is 0 Å². The fourth-order valence-corrected chi connectivity index (χ4v) is 3.33. The zero-order valence-corrected chi connectivity index (χ0v) is 21.8. The standard InChI is InChI=1S/C22H20O.C4H11Si.Y/c1-3-7-21-17(5-1)9-11-19(21)13-15-23-16-14-20-12-10-18-6-2-4-8-22(18)20;1-5(2,3)4;/h1-12H,13-16H2;1H2,2-4H3;/q;-1;. The van der Waals surface area contributed by atoms with E-state index < -0.39 is 8.07 Å². The molecule has 0 atom stereocenters. The molecule has 0 N–H and O–H groups in total. The second-order valence-corrected chi connectivity index (χ2v) is 13.7. The molecule has 149 valence electrons. The van der Waals surface area contributed by atoms with E-state index in [0.717, 1.165) is 26.1 Å². The summed E-state index contributed by atoms with van der Waals surface area (Å²) in [4.78, 5) is 0. The summed E-state index contributed by atoms with van der Waals surface area (Å²) in [5.74, 6) is 8.14. The number of allylic oxidation sites excluding steroid dienone is 8. The molecule has 2 saturated carbocycles. The summed E-state index contributed by atoms with van der Waals surface area (Å²) in [6, 6.07) is 0. The van der Waals surface area contributed by atoms with Crippen molar-refractivity contribution >= 4 is 8.07 Å². The third kappa shape index (κ3) is 8.36. The molecule has 1 nitrogen and oxygen atoms in total. The van der Waals surface area contributed by atoms with E-state index >= 15 is 0 Å². The molecule has 0 aromatic rings. The first-order chi connectivity index (χ1) is 13.4. The van der Waals surface area contributed by atoms with Gasteiger partial charge in [-0.05, 0) is 50.4 Å². The van der Waals surface area contributed by atoms with Crippen LogP contribution in [0.1, 0.15) is 12.8 Å². The van der Waals surface area contributed by atoms with Gasteiger partial charge < -0.3 is 11.3 Å². The van der Waals surface area contributed by atoms with Crippen LogP contribution in [0.2, 0.25) is 19.6 Å². The Labute approximate surface area is 206 Å². The molecule has 0 bridgehead atoms. The van der Waals surface area contributed by atoms with Crippen molar-refractivity contribution in [3.8, 4) is 0 Å². The minimum absolute atomic E-state index is 0. The van der Waals surface area contributed by atoms with E-state index in [9.17, 15) is 0 Å². The van der Waals surface area contributed by atoms with Crippen LogP contribution in [0.5, 0.6) is 0 Å². The number of hydrogen-bond donors (Lipinski definition) is 0. The normalized spacial score (nSPS) is 23.0. The minimum Gasteiger partial charge on any atom is -0.381 e. The summed E-state index contributed by atoms with van der Waals surface area (Å²) in [6.45, 7) is 12.1. The van der Waals surface area contributed by atoms with Crippen molar-refractivity contribution in [1.29, 1.82) is 0 Å². The average Bonchev–Trinajstić information content (AvgIpc) is 3.25. The maximum atomic E-state index is 5.88. The SMILES string of the molecule is [CH2-][Si](C)(C)C.[CH]1[CH][C](CCOCC[C]2[CH][CH][C]3C=CC=C[C]32)[C]2C=CC=C[C]12.[Y]. The molecule has 0 spiro atoms. The van der Waals surface area contributed by atoms with Crippen LogP contribution < -0.4 is 0 Å². The predicted molar refractivity (Wildman–Crippen MR) is 122 cm³/mol. The van der Waals surface area contributed by atoms with Gasteiger partial charge >= 0.3 is 0 Å². The molecule has 0 aromatic carbocycles. The van der Waals surface area contributed by atoms with Gasteiger partial charge in [-0.2, -0.15) is 0 Å². The Kier molecular flexibility index (Phi) is 10.8. The Bertz CT molecular complexity index is 548. The number of rotatable bonds is 6. The molecule has 2 fully saturated rings. The molecule has 4 aliphatic rings. The molecule has 4 rings (SSSR count). The molecule has 3 heteroatoms. The van der Waals surface area contributed by atoms with E-state index in [2.05, 4.69) is 100 Å². The molecule has 4 aliphatic carbocycles. The maximum absolute atomic E-state index is 5.88. The third-order valence-electron chi connectivity index (χ3n) is 4.57. The van der Waals surface area contributed by atoms with Crippen molar-refractivity contribution in [1.82, 2.24) is 0 Å². The van der Waals surface area contributed by atoms with Crippen molar-refractivity contribution in [2.24, 2.45) is 0 Å². The van der Waals surface area contributed by atoms with Crippen molar-refractivity contribution < 1.29 is 37.4 Å². The van der Waals surface area contributed by atoms with Crippen LogP contribution in [0.4, 0.5) is 0 Å². The third-order valence-corrected chi connectivity index (χ3v) is 4.57. The molecular formula is C26H31OSiY-. The van der Waals surface area contributed by atoms with E-state index in [0.29, 0.717) is 0 Å². The fraction of sp³-hybridized carbons (Fsp3) is 0.269. The van der Waals surface area contributed by atoms with Gasteiger partial charge in [-0.3, -0.25) is 0 Å². The fourth-order valence-electron chi connectivity index (χ4n) is 3.33.